The minimum Gasteiger partial charge on any atom is -0.330 e. The zero-order valence-corrected chi connectivity index (χ0v) is 9.60. The van der Waals surface area contributed by atoms with Crippen molar-refractivity contribution in [3.63, 3.8) is 0 Å². The van der Waals surface area contributed by atoms with E-state index < -0.39 is 8.03 Å². The summed E-state index contributed by atoms with van der Waals surface area (Å²) in [6.07, 6.45) is 1.74. The highest BCUT2D eigenvalue weighted by atomic mass is 31.1. The Morgan fingerprint density at radius 2 is 2.13 bits per heavy atom. The summed E-state index contributed by atoms with van der Waals surface area (Å²) < 4.78 is 18.3. The smallest absolute Gasteiger partial charge is 0.227 e. The Morgan fingerprint density at radius 3 is 2.87 bits per heavy atom. The summed E-state index contributed by atoms with van der Waals surface area (Å²) in [7, 11) is 1.10. The maximum absolute atomic E-state index is 11.7. The van der Waals surface area contributed by atoms with Crippen molar-refractivity contribution in [2.45, 2.75) is 0 Å². The minimum absolute atomic E-state index is 0.718. The molecule has 0 aliphatic heterocycles. The first-order chi connectivity index (χ1) is 7.22. The van der Waals surface area contributed by atoms with Gasteiger partial charge in [-0.1, -0.05) is 22.9 Å². The molecule has 78 valence electrons. The second-order valence-electron chi connectivity index (χ2n) is 3.23. The number of hydrogen-bond acceptors (Lipinski definition) is 3. The van der Waals surface area contributed by atoms with Crippen LogP contribution in [0.2, 0.25) is 0 Å². The molecule has 0 saturated heterocycles. The number of hydrogen-bond donors (Lipinski definition) is 0. The predicted octanol–water partition coefficient (Wildman–Crippen LogP) is 0.806. The SMILES string of the molecule is CO[PH](=O)c1c[n+](C)nc2ccccc12. The average Bonchev–Trinajstić information content (AvgIpc) is 2.26. The molecule has 5 heteroatoms. The van der Waals surface area contributed by atoms with Gasteiger partial charge >= 0.3 is 0 Å². The topological polar surface area (TPSA) is 43.1 Å². The molecule has 2 rings (SSSR count). The molecule has 4 nitrogen and oxygen atoms in total. The molecular formula is C10H12N2O2P+. The van der Waals surface area contributed by atoms with Crippen molar-refractivity contribution >= 4 is 24.2 Å². The molecule has 0 N–H and O–H groups in total. The van der Waals surface area contributed by atoms with Crippen molar-refractivity contribution in [3.05, 3.63) is 30.5 Å². The maximum Gasteiger partial charge on any atom is 0.227 e. The number of fused-ring (bicyclic) bond motifs is 1. The van der Waals surface area contributed by atoms with Crippen molar-refractivity contribution in [1.82, 2.24) is 5.10 Å². The number of nitrogens with zero attached hydrogens (tertiary/aromatic N) is 2. The van der Waals surface area contributed by atoms with Gasteiger partial charge in [-0.25, -0.2) is 0 Å². The molecule has 1 aromatic carbocycles. The highest BCUT2D eigenvalue weighted by Gasteiger charge is 2.13. The van der Waals surface area contributed by atoms with Crippen molar-refractivity contribution in [3.8, 4) is 0 Å². The van der Waals surface area contributed by atoms with E-state index in [1.165, 1.54) is 7.11 Å². The first-order valence-electron chi connectivity index (χ1n) is 4.56. The summed E-state index contributed by atoms with van der Waals surface area (Å²) in [5, 5.41) is 5.90. The van der Waals surface area contributed by atoms with E-state index in [2.05, 4.69) is 5.10 Å². The number of aromatic nitrogens is 2. The van der Waals surface area contributed by atoms with Gasteiger partial charge < -0.3 is 4.52 Å². The third-order valence-electron chi connectivity index (χ3n) is 2.18. The van der Waals surface area contributed by atoms with E-state index >= 15 is 0 Å². The second-order valence-corrected chi connectivity index (χ2v) is 4.75. The molecule has 0 saturated carbocycles. The normalized spacial score (nSPS) is 12.9. The van der Waals surface area contributed by atoms with Crippen molar-refractivity contribution in [2.24, 2.45) is 7.05 Å². The van der Waals surface area contributed by atoms with Gasteiger partial charge in [0.25, 0.3) is 0 Å². The van der Waals surface area contributed by atoms with Crippen LogP contribution in [0.3, 0.4) is 0 Å². The van der Waals surface area contributed by atoms with Crippen LogP contribution in [0.5, 0.6) is 0 Å². The van der Waals surface area contributed by atoms with E-state index in [0.717, 1.165) is 16.2 Å². The highest BCUT2D eigenvalue weighted by Crippen LogP contribution is 2.23. The zero-order valence-electron chi connectivity index (χ0n) is 8.60. The van der Waals surface area contributed by atoms with Gasteiger partial charge in [0.15, 0.2) is 7.05 Å². The van der Waals surface area contributed by atoms with Crippen molar-refractivity contribution in [2.75, 3.05) is 7.11 Å². The number of benzene rings is 1. The van der Waals surface area contributed by atoms with E-state index in [9.17, 15) is 4.57 Å². The van der Waals surface area contributed by atoms with Gasteiger partial charge in [-0.3, -0.25) is 4.57 Å². The molecule has 0 fully saturated rings. The third-order valence-corrected chi connectivity index (χ3v) is 3.39. The van der Waals surface area contributed by atoms with Gasteiger partial charge in [0.05, 0.1) is 0 Å². The number of rotatable bonds is 2. The van der Waals surface area contributed by atoms with Crippen molar-refractivity contribution in [1.29, 1.82) is 0 Å². The van der Waals surface area contributed by atoms with E-state index in [-0.39, 0.29) is 0 Å². The Morgan fingerprint density at radius 1 is 1.40 bits per heavy atom. The molecule has 1 unspecified atom stereocenters. The fraction of sp³-hybridized carbons (Fsp3) is 0.200. The molecule has 1 heterocycles. The largest absolute Gasteiger partial charge is 0.330 e. The molecule has 0 aliphatic rings. The molecule has 1 atom stereocenters. The number of aryl methyl sites for hydroxylation is 1. The molecule has 1 aromatic heterocycles. The van der Waals surface area contributed by atoms with Crippen LogP contribution in [0.25, 0.3) is 10.9 Å². The lowest BCUT2D eigenvalue weighted by Crippen LogP contribution is -2.35. The van der Waals surface area contributed by atoms with Gasteiger partial charge in [0.1, 0.15) is 10.8 Å². The molecule has 0 spiro atoms. The summed E-state index contributed by atoms with van der Waals surface area (Å²) >= 11 is 0. The van der Waals surface area contributed by atoms with Crippen LogP contribution in [0.4, 0.5) is 0 Å². The predicted molar refractivity (Wildman–Crippen MR) is 58.6 cm³/mol. The molecule has 0 amide bonds. The van der Waals surface area contributed by atoms with Gasteiger partial charge in [-0.2, -0.15) is 0 Å². The molecule has 0 radical (unpaired) electrons. The Labute approximate surface area is 88.4 Å². The summed E-state index contributed by atoms with van der Waals surface area (Å²) in [4.78, 5) is 0. The van der Waals surface area contributed by atoms with Crippen LogP contribution in [0.1, 0.15) is 0 Å². The molecule has 2 aromatic rings. The summed E-state index contributed by atoms with van der Waals surface area (Å²) in [5.41, 5.74) is 0.827. The van der Waals surface area contributed by atoms with Gasteiger partial charge in [-0.15, -0.1) is 0 Å². The Bertz CT molecular complexity index is 528. The Balaban J connectivity index is 2.76. The Hall–Kier alpha value is -1.25. The van der Waals surface area contributed by atoms with Crippen LogP contribution >= 0.6 is 8.03 Å². The first kappa shape index (κ1) is 10.3. The standard InChI is InChI=1S/C10H12N2O2P/c1-12-7-10(15(13)14-2)8-5-3-4-6-9(8)11-12/h3-7,15H,1-2H3/q+1. The quantitative estimate of drug-likeness (QED) is 0.559. The van der Waals surface area contributed by atoms with Crippen LogP contribution in [-0.4, -0.2) is 12.2 Å². The van der Waals surface area contributed by atoms with E-state index in [4.69, 9.17) is 4.52 Å². The Kier molecular flexibility index (Phi) is 2.80. The fourth-order valence-electron chi connectivity index (χ4n) is 1.52. The molecule has 15 heavy (non-hydrogen) atoms. The third kappa shape index (κ3) is 1.91. The fourth-order valence-corrected chi connectivity index (χ4v) is 2.46. The van der Waals surface area contributed by atoms with Crippen LogP contribution in [0.15, 0.2) is 30.5 Å². The maximum atomic E-state index is 11.7. The van der Waals surface area contributed by atoms with Gasteiger partial charge in [-0.05, 0) is 11.2 Å². The van der Waals surface area contributed by atoms with Crippen LogP contribution < -0.4 is 9.99 Å². The average molecular weight is 223 g/mol. The minimum atomic E-state index is -2.16. The summed E-state index contributed by atoms with van der Waals surface area (Å²) in [6.45, 7) is 0. The highest BCUT2D eigenvalue weighted by molar-refractivity contribution is 7.49. The van der Waals surface area contributed by atoms with Crippen LogP contribution in [0, 0.1) is 0 Å². The van der Waals surface area contributed by atoms with Gasteiger partial charge in [0, 0.05) is 12.5 Å². The lowest BCUT2D eigenvalue weighted by Gasteiger charge is -2.01. The van der Waals surface area contributed by atoms with Crippen LogP contribution in [-0.2, 0) is 16.1 Å². The van der Waals surface area contributed by atoms with Gasteiger partial charge in [0.2, 0.25) is 14.2 Å². The summed E-state index contributed by atoms with van der Waals surface area (Å²) in [5.74, 6) is 0. The lowest BCUT2D eigenvalue weighted by atomic mass is 10.2. The van der Waals surface area contributed by atoms with E-state index in [1.807, 2.05) is 24.3 Å². The summed E-state index contributed by atoms with van der Waals surface area (Å²) in [6, 6.07) is 7.60. The zero-order chi connectivity index (χ0) is 10.8. The van der Waals surface area contributed by atoms with E-state index in [1.54, 1.807) is 17.9 Å². The molecular weight excluding hydrogens is 211 g/mol. The molecule has 0 bridgehead atoms. The lowest BCUT2D eigenvalue weighted by molar-refractivity contribution is -0.727. The van der Waals surface area contributed by atoms with E-state index in [0.29, 0.717) is 0 Å². The van der Waals surface area contributed by atoms with Crippen molar-refractivity contribution < 1.29 is 13.8 Å². The molecule has 0 aliphatic carbocycles. The second kappa shape index (κ2) is 4.09. The monoisotopic (exact) mass is 223 g/mol. The first-order valence-corrected chi connectivity index (χ1v) is 5.88.